The molecule has 0 saturated carbocycles. The number of likely N-dealkylation sites (tertiary alicyclic amines) is 1. The van der Waals surface area contributed by atoms with Gasteiger partial charge >= 0.3 is 5.97 Å². The van der Waals surface area contributed by atoms with E-state index in [9.17, 15) is 9.59 Å². The molecule has 0 unspecified atom stereocenters. The summed E-state index contributed by atoms with van der Waals surface area (Å²) in [4.78, 5) is 26.8. The molecule has 1 N–H and O–H groups in total. The van der Waals surface area contributed by atoms with Crippen LogP contribution in [-0.2, 0) is 31.3 Å². The Bertz CT molecular complexity index is 923. The van der Waals surface area contributed by atoms with E-state index in [2.05, 4.69) is 17.4 Å². The van der Waals surface area contributed by atoms with Gasteiger partial charge in [0.15, 0.2) is 0 Å². The van der Waals surface area contributed by atoms with Gasteiger partial charge in [0.1, 0.15) is 6.04 Å². The normalized spacial score (nSPS) is 18.1. The van der Waals surface area contributed by atoms with E-state index in [1.807, 2.05) is 17.0 Å². The lowest BCUT2D eigenvalue weighted by atomic mass is 9.84. The monoisotopic (exact) mass is 428 g/mol. The van der Waals surface area contributed by atoms with Gasteiger partial charge in [-0.05, 0) is 41.7 Å². The summed E-state index contributed by atoms with van der Waals surface area (Å²) in [7, 11) is 1.33. The lowest BCUT2D eigenvalue weighted by Gasteiger charge is -2.39. The average Bonchev–Trinajstić information content (AvgIpc) is 3.13. The van der Waals surface area contributed by atoms with E-state index in [4.69, 9.17) is 21.1 Å². The van der Waals surface area contributed by atoms with Crippen LogP contribution in [0.2, 0.25) is 5.02 Å². The molecule has 2 aliphatic rings. The van der Waals surface area contributed by atoms with E-state index in [0.717, 1.165) is 12.8 Å². The van der Waals surface area contributed by atoms with Crippen LogP contribution in [0.3, 0.4) is 0 Å². The van der Waals surface area contributed by atoms with Crippen LogP contribution in [0.5, 0.6) is 0 Å². The molecular weight excluding hydrogens is 404 g/mol. The van der Waals surface area contributed by atoms with Crippen molar-refractivity contribution < 1.29 is 19.1 Å². The number of amides is 1. The highest BCUT2D eigenvalue weighted by atomic mass is 35.5. The third-order valence-electron chi connectivity index (χ3n) is 6.03. The number of hydrogen-bond donors (Lipinski definition) is 1. The van der Waals surface area contributed by atoms with Crippen molar-refractivity contribution in [2.45, 2.75) is 31.1 Å². The van der Waals surface area contributed by atoms with E-state index in [-0.39, 0.29) is 18.1 Å². The first-order valence-electron chi connectivity index (χ1n) is 10.1. The summed E-state index contributed by atoms with van der Waals surface area (Å²) in [5, 5.41) is 3.62. The van der Waals surface area contributed by atoms with Gasteiger partial charge in [-0.25, -0.2) is 4.79 Å². The van der Waals surface area contributed by atoms with Gasteiger partial charge < -0.3 is 14.4 Å². The Morgan fingerprint density at radius 1 is 1.17 bits per heavy atom. The van der Waals surface area contributed by atoms with Crippen molar-refractivity contribution in [1.29, 1.82) is 0 Å². The number of ether oxygens (including phenoxy) is 2. The number of benzene rings is 2. The Kier molecular flexibility index (Phi) is 6.09. The number of nitrogens with zero attached hydrogens (tertiary/aromatic N) is 1. The van der Waals surface area contributed by atoms with Crippen molar-refractivity contribution in [1.82, 2.24) is 10.2 Å². The van der Waals surface area contributed by atoms with E-state index in [1.165, 1.54) is 18.2 Å². The summed E-state index contributed by atoms with van der Waals surface area (Å²) < 4.78 is 11.1. The molecule has 0 aliphatic carbocycles. The SMILES string of the molecule is COC(=O)[C@H](NCC(=O)N1CCC2(CC1)OCc1ccccc12)c1ccc(Cl)cc1. The molecule has 158 valence electrons. The van der Waals surface area contributed by atoms with Gasteiger partial charge in [0, 0.05) is 18.1 Å². The predicted molar refractivity (Wildman–Crippen MR) is 113 cm³/mol. The second kappa shape index (κ2) is 8.76. The molecule has 2 heterocycles. The topological polar surface area (TPSA) is 67.9 Å². The van der Waals surface area contributed by atoms with E-state index >= 15 is 0 Å². The van der Waals surface area contributed by atoms with Crippen molar-refractivity contribution in [3.63, 3.8) is 0 Å². The van der Waals surface area contributed by atoms with Crippen LogP contribution in [0.1, 0.15) is 35.6 Å². The summed E-state index contributed by atoms with van der Waals surface area (Å²) in [5.41, 5.74) is 2.91. The van der Waals surface area contributed by atoms with E-state index in [1.54, 1.807) is 24.3 Å². The maximum Gasteiger partial charge on any atom is 0.327 e. The minimum absolute atomic E-state index is 0.0426. The zero-order valence-electron chi connectivity index (χ0n) is 16.9. The minimum atomic E-state index is -0.725. The van der Waals surface area contributed by atoms with E-state index < -0.39 is 12.0 Å². The molecule has 1 fully saturated rings. The largest absolute Gasteiger partial charge is 0.468 e. The van der Waals surface area contributed by atoms with Gasteiger partial charge in [-0.2, -0.15) is 0 Å². The summed E-state index contributed by atoms with van der Waals surface area (Å²) in [6.07, 6.45) is 1.54. The van der Waals surface area contributed by atoms with Crippen molar-refractivity contribution in [2.24, 2.45) is 0 Å². The van der Waals surface area contributed by atoms with Crippen molar-refractivity contribution in [2.75, 3.05) is 26.7 Å². The molecule has 4 rings (SSSR count). The van der Waals surface area contributed by atoms with Crippen molar-refractivity contribution in [3.8, 4) is 0 Å². The maximum atomic E-state index is 12.8. The summed E-state index contributed by atoms with van der Waals surface area (Å²) in [6.45, 7) is 1.93. The Morgan fingerprint density at radius 2 is 1.87 bits per heavy atom. The Morgan fingerprint density at radius 3 is 2.57 bits per heavy atom. The lowest BCUT2D eigenvalue weighted by Crippen LogP contribution is -2.48. The number of carbonyl (C=O) groups excluding carboxylic acids is 2. The van der Waals surface area contributed by atoms with Crippen molar-refractivity contribution >= 4 is 23.5 Å². The quantitative estimate of drug-likeness (QED) is 0.741. The molecule has 1 saturated heterocycles. The highest BCUT2D eigenvalue weighted by Gasteiger charge is 2.43. The Labute approximate surface area is 181 Å². The van der Waals surface area contributed by atoms with Crippen LogP contribution in [0.15, 0.2) is 48.5 Å². The number of fused-ring (bicyclic) bond motifs is 2. The smallest absolute Gasteiger partial charge is 0.327 e. The fourth-order valence-corrected chi connectivity index (χ4v) is 4.45. The minimum Gasteiger partial charge on any atom is -0.468 e. The third-order valence-corrected chi connectivity index (χ3v) is 6.29. The summed E-state index contributed by atoms with van der Waals surface area (Å²) >= 11 is 5.93. The first-order chi connectivity index (χ1) is 14.5. The highest BCUT2D eigenvalue weighted by molar-refractivity contribution is 6.30. The van der Waals surface area contributed by atoms with Crippen LogP contribution in [-0.4, -0.2) is 43.5 Å². The average molecular weight is 429 g/mol. The predicted octanol–water partition coefficient (Wildman–Crippen LogP) is 3.19. The van der Waals surface area contributed by atoms with Crippen molar-refractivity contribution in [3.05, 3.63) is 70.2 Å². The molecule has 2 aromatic rings. The number of hydrogen-bond acceptors (Lipinski definition) is 5. The molecule has 1 atom stereocenters. The van der Waals surface area contributed by atoms with Gasteiger partial charge in [-0.1, -0.05) is 48.0 Å². The van der Waals surface area contributed by atoms with Gasteiger partial charge in [0.05, 0.1) is 25.9 Å². The van der Waals surface area contributed by atoms with Crippen LogP contribution in [0, 0.1) is 0 Å². The molecule has 0 bridgehead atoms. The molecule has 7 heteroatoms. The molecular formula is C23H25ClN2O4. The van der Waals surface area contributed by atoms with Gasteiger partial charge in [0.2, 0.25) is 5.91 Å². The molecule has 2 aliphatic heterocycles. The third kappa shape index (κ3) is 4.08. The number of halogens is 1. The molecule has 0 radical (unpaired) electrons. The highest BCUT2D eigenvalue weighted by Crippen LogP contribution is 2.43. The summed E-state index contributed by atoms with van der Waals surface area (Å²) in [6, 6.07) is 14.5. The van der Waals surface area contributed by atoms with Crippen LogP contribution in [0.25, 0.3) is 0 Å². The van der Waals surface area contributed by atoms with E-state index in [0.29, 0.717) is 30.3 Å². The van der Waals surface area contributed by atoms with Crippen LogP contribution in [0.4, 0.5) is 0 Å². The second-order valence-corrected chi connectivity index (χ2v) is 8.15. The number of esters is 1. The molecule has 6 nitrogen and oxygen atoms in total. The molecule has 2 aromatic carbocycles. The standard InChI is InChI=1S/C23H25ClN2O4/c1-29-22(28)21(16-6-8-18(24)9-7-16)25-14-20(27)26-12-10-23(11-13-26)19-5-3-2-4-17(19)15-30-23/h2-9,21,25H,10-15H2,1H3/t21-/m1/s1. The fourth-order valence-electron chi connectivity index (χ4n) is 4.33. The zero-order valence-corrected chi connectivity index (χ0v) is 17.7. The molecule has 0 aromatic heterocycles. The zero-order chi connectivity index (χ0) is 21.1. The number of nitrogens with one attached hydrogen (secondary N) is 1. The number of methoxy groups -OCH3 is 1. The molecule has 1 amide bonds. The number of carbonyl (C=O) groups is 2. The number of rotatable bonds is 5. The molecule has 1 spiro atoms. The fraction of sp³-hybridized carbons (Fsp3) is 0.391. The first-order valence-corrected chi connectivity index (χ1v) is 10.5. The van der Waals surface area contributed by atoms with Gasteiger partial charge in [-0.3, -0.25) is 10.1 Å². The molecule has 30 heavy (non-hydrogen) atoms. The number of piperidine rings is 1. The van der Waals surface area contributed by atoms with Crippen LogP contribution >= 0.6 is 11.6 Å². The lowest BCUT2D eigenvalue weighted by molar-refractivity contribution is -0.143. The first kappa shape index (κ1) is 20.8. The Hall–Kier alpha value is -2.41. The second-order valence-electron chi connectivity index (χ2n) is 7.71. The van der Waals surface area contributed by atoms with Crippen LogP contribution < -0.4 is 5.32 Å². The Balaban J connectivity index is 1.36. The summed E-state index contributed by atoms with van der Waals surface area (Å²) in [5.74, 6) is -0.488. The maximum absolute atomic E-state index is 12.8. The van der Waals surface area contributed by atoms with Gasteiger partial charge in [0.25, 0.3) is 0 Å². The van der Waals surface area contributed by atoms with Gasteiger partial charge in [-0.15, -0.1) is 0 Å².